The molecule has 2 aromatic rings. The first-order valence-corrected chi connectivity index (χ1v) is 7.83. The van der Waals surface area contributed by atoms with Gasteiger partial charge in [0.05, 0.1) is 12.6 Å². The maximum atomic E-state index is 9.45. The average molecular weight is 311 g/mol. The van der Waals surface area contributed by atoms with Crippen LogP contribution in [0.5, 0.6) is 0 Å². The van der Waals surface area contributed by atoms with Gasteiger partial charge in [-0.25, -0.2) is 4.68 Å². The molecule has 0 unspecified atom stereocenters. The van der Waals surface area contributed by atoms with Gasteiger partial charge in [-0.05, 0) is 47.2 Å². The van der Waals surface area contributed by atoms with E-state index in [0.717, 1.165) is 28.5 Å². The standard InChI is InChI=1S/C13H15ClN4OS/c14-11-6-3-7-12(10(11)8-19)20-13-15-16-17-18(13)9-4-1-2-5-9/h3,6-7,9,19H,1-2,4-5,8H2. The fourth-order valence-electron chi connectivity index (χ4n) is 2.52. The molecule has 1 N–H and O–H groups in total. The minimum atomic E-state index is -0.0903. The molecule has 0 saturated heterocycles. The topological polar surface area (TPSA) is 63.8 Å². The Bertz CT molecular complexity index is 598. The molecule has 1 aliphatic carbocycles. The molecule has 1 aliphatic rings. The van der Waals surface area contributed by atoms with Crippen LogP contribution in [0, 0.1) is 0 Å². The molecule has 106 valence electrons. The van der Waals surface area contributed by atoms with Crippen molar-refractivity contribution in [1.29, 1.82) is 0 Å². The number of nitrogens with zero attached hydrogens (tertiary/aromatic N) is 4. The Balaban J connectivity index is 1.88. The molecule has 0 aliphatic heterocycles. The molecule has 1 fully saturated rings. The molecule has 1 aromatic carbocycles. The summed E-state index contributed by atoms with van der Waals surface area (Å²) in [5.41, 5.74) is 0.722. The number of aromatic nitrogens is 4. The van der Waals surface area contributed by atoms with E-state index in [0.29, 0.717) is 11.1 Å². The highest BCUT2D eigenvalue weighted by atomic mass is 35.5. The van der Waals surface area contributed by atoms with Crippen LogP contribution in [0.1, 0.15) is 37.3 Å². The van der Waals surface area contributed by atoms with Crippen molar-refractivity contribution in [3.8, 4) is 0 Å². The molecule has 0 amide bonds. The van der Waals surface area contributed by atoms with Crippen molar-refractivity contribution < 1.29 is 5.11 Å². The number of hydrogen-bond acceptors (Lipinski definition) is 5. The quantitative estimate of drug-likeness (QED) is 0.940. The number of aliphatic hydroxyl groups excluding tert-OH is 1. The van der Waals surface area contributed by atoms with Gasteiger partial charge in [0.1, 0.15) is 0 Å². The second-order valence-electron chi connectivity index (χ2n) is 4.82. The van der Waals surface area contributed by atoms with Crippen LogP contribution < -0.4 is 0 Å². The van der Waals surface area contributed by atoms with E-state index in [-0.39, 0.29) is 6.61 Å². The minimum absolute atomic E-state index is 0.0903. The zero-order chi connectivity index (χ0) is 13.9. The van der Waals surface area contributed by atoms with E-state index in [9.17, 15) is 5.11 Å². The van der Waals surface area contributed by atoms with Gasteiger partial charge >= 0.3 is 0 Å². The van der Waals surface area contributed by atoms with E-state index >= 15 is 0 Å². The number of benzene rings is 1. The molecule has 0 bridgehead atoms. The van der Waals surface area contributed by atoms with Crippen LogP contribution in [0.3, 0.4) is 0 Å². The van der Waals surface area contributed by atoms with Crippen molar-refractivity contribution >= 4 is 23.4 Å². The van der Waals surface area contributed by atoms with E-state index < -0.39 is 0 Å². The van der Waals surface area contributed by atoms with Crippen molar-refractivity contribution in [3.05, 3.63) is 28.8 Å². The Labute approximate surface area is 126 Å². The molecule has 20 heavy (non-hydrogen) atoms. The third-order valence-corrected chi connectivity index (χ3v) is 4.98. The molecular formula is C13H15ClN4OS. The Morgan fingerprint density at radius 2 is 2.15 bits per heavy atom. The van der Waals surface area contributed by atoms with E-state index in [1.807, 2.05) is 16.8 Å². The van der Waals surface area contributed by atoms with Crippen LogP contribution in [-0.4, -0.2) is 25.3 Å². The predicted octanol–water partition coefficient (Wildman–Crippen LogP) is 3.09. The first kappa shape index (κ1) is 13.9. The fraction of sp³-hybridized carbons (Fsp3) is 0.462. The summed E-state index contributed by atoms with van der Waals surface area (Å²) in [6.07, 6.45) is 4.71. The highest BCUT2D eigenvalue weighted by Gasteiger charge is 2.22. The highest BCUT2D eigenvalue weighted by Crippen LogP contribution is 2.36. The molecule has 7 heteroatoms. The minimum Gasteiger partial charge on any atom is -0.392 e. The zero-order valence-electron chi connectivity index (χ0n) is 10.9. The van der Waals surface area contributed by atoms with Gasteiger partial charge in [-0.15, -0.1) is 5.10 Å². The van der Waals surface area contributed by atoms with Crippen molar-refractivity contribution in [2.45, 2.75) is 48.4 Å². The van der Waals surface area contributed by atoms with Gasteiger partial charge in [0.15, 0.2) is 0 Å². The molecule has 5 nitrogen and oxygen atoms in total. The average Bonchev–Trinajstić information content (AvgIpc) is 3.09. The number of tetrazole rings is 1. The molecule has 1 saturated carbocycles. The summed E-state index contributed by atoms with van der Waals surface area (Å²) in [5, 5.41) is 22.8. The lowest BCUT2D eigenvalue weighted by molar-refractivity contribution is 0.279. The van der Waals surface area contributed by atoms with Crippen LogP contribution in [0.25, 0.3) is 0 Å². The van der Waals surface area contributed by atoms with Crippen molar-refractivity contribution in [2.75, 3.05) is 0 Å². The summed E-state index contributed by atoms with van der Waals surface area (Å²) in [5.74, 6) is 0. The van der Waals surface area contributed by atoms with Crippen molar-refractivity contribution in [3.63, 3.8) is 0 Å². The van der Waals surface area contributed by atoms with Gasteiger partial charge in [0.25, 0.3) is 0 Å². The summed E-state index contributed by atoms with van der Waals surface area (Å²) >= 11 is 7.56. The summed E-state index contributed by atoms with van der Waals surface area (Å²) in [7, 11) is 0. The smallest absolute Gasteiger partial charge is 0.214 e. The van der Waals surface area contributed by atoms with Gasteiger partial charge in [-0.3, -0.25) is 0 Å². The van der Waals surface area contributed by atoms with Gasteiger partial charge in [0, 0.05) is 15.5 Å². The first-order valence-electron chi connectivity index (χ1n) is 6.63. The zero-order valence-corrected chi connectivity index (χ0v) is 12.4. The second-order valence-corrected chi connectivity index (χ2v) is 6.24. The Morgan fingerprint density at radius 3 is 2.90 bits per heavy atom. The van der Waals surface area contributed by atoms with Crippen LogP contribution in [0.4, 0.5) is 0 Å². The third kappa shape index (κ3) is 2.68. The van der Waals surface area contributed by atoms with Gasteiger partial charge in [0.2, 0.25) is 5.16 Å². The van der Waals surface area contributed by atoms with Crippen molar-refractivity contribution in [2.24, 2.45) is 0 Å². The summed E-state index contributed by atoms with van der Waals surface area (Å²) in [6.45, 7) is -0.0903. The van der Waals surface area contributed by atoms with E-state index in [4.69, 9.17) is 11.6 Å². The monoisotopic (exact) mass is 310 g/mol. The Morgan fingerprint density at radius 1 is 1.35 bits per heavy atom. The number of rotatable bonds is 4. The lowest BCUT2D eigenvalue weighted by Gasteiger charge is -2.12. The molecule has 1 aromatic heterocycles. The number of halogens is 1. The maximum Gasteiger partial charge on any atom is 0.214 e. The predicted molar refractivity (Wildman–Crippen MR) is 76.8 cm³/mol. The summed E-state index contributed by atoms with van der Waals surface area (Å²) in [6, 6.07) is 5.96. The normalized spacial score (nSPS) is 15.9. The maximum absolute atomic E-state index is 9.45. The summed E-state index contributed by atoms with van der Waals surface area (Å²) < 4.78 is 1.90. The van der Waals surface area contributed by atoms with E-state index in [1.165, 1.54) is 24.6 Å². The lowest BCUT2D eigenvalue weighted by atomic mass is 10.2. The van der Waals surface area contributed by atoms with Crippen LogP contribution >= 0.6 is 23.4 Å². The molecule has 0 spiro atoms. The van der Waals surface area contributed by atoms with E-state index in [2.05, 4.69) is 15.5 Å². The fourth-order valence-corrected chi connectivity index (χ4v) is 3.80. The molecule has 0 atom stereocenters. The SMILES string of the molecule is OCc1c(Cl)cccc1Sc1nnnn1C1CCCC1. The molecule has 1 heterocycles. The van der Waals surface area contributed by atoms with Crippen LogP contribution in [-0.2, 0) is 6.61 Å². The lowest BCUT2D eigenvalue weighted by Crippen LogP contribution is -2.08. The Kier molecular flexibility index (Phi) is 4.24. The van der Waals surface area contributed by atoms with Gasteiger partial charge in [-0.1, -0.05) is 30.5 Å². The van der Waals surface area contributed by atoms with Crippen molar-refractivity contribution in [1.82, 2.24) is 20.2 Å². The highest BCUT2D eigenvalue weighted by molar-refractivity contribution is 7.99. The number of hydrogen-bond donors (Lipinski definition) is 1. The van der Waals surface area contributed by atoms with Crippen LogP contribution in [0.2, 0.25) is 5.02 Å². The Hall–Kier alpha value is -1.11. The third-order valence-electron chi connectivity index (χ3n) is 3.57. The molecule has 0 radical (unpaired) electrons. The largest absolute Gasteiger partial charge is 0.392 e. The summed E-state index contributed by atoms with van der Waals surface area (Å²) in [4.78, 5) is 0.897. The van der Waals surface area contributed by atoms with E-state index in [1.54, 1.807) is 6.07 Å². The van der Waals surface area contributed by atoms with Gasteiger partial charge < -0.3 is 5.11 Å². The molecular weight excluding hydrogens is 296 g/mol. The molecule has 3 rings (SSSR count). The first-order chi connectivity index (χ1) is 9.79. The number of aliphatic hydroxyl groups is 1. The van der Waals surface area contributed by atoms with Crippen LogP contribution in [0.15, 0.2) is 28.3 Å². The second kappa shape index (κ2) is 6.11. The van der Waals surface area contributed by atoms with Gasteiger partial charge in [-0.2, -0.15) is 0 Å².